The van der Waals surface area contributed by atoms with Crippen LogP contribution < -0.4 is 0 Å². The molecule has 1 N–H and O–H groups in total. The van der Waals surface area contributed by atoms with E-state index in [0.717, 1.165) is 36.6 Å². The minimum Gasteiger partial charge on any atom is -0.372 e. The van der Waals surface area contributed by atoms with Gasteiger partial charge in [0.1, 0.15) is 16.8 Å². The molecule has 1 saturated heterocycles. The number of thiazole rings is 1. The van der Waals surface area contributed by atoms with Gasteiger partial charge in [-0.05, 0) is 32.8 Å². The Labute approximate surface area is 139 Å². The standard InChI is InChI=1S/C16H22N4O2S/c1-3-22-11(2)15-18-14(10-23-15)16(21)20-8-4-5-12(9-20)13-6-7-17-19-13/h6-7,10-12H,3-5,8-9H2,1-2H3,(H,17,19)/t11-,12+/m0/s1. The quantitative estimate of drug-likeness (QED) is 0.912. The lowest BCUT2D eigenvalue weighted by molar-refractivity contribution is 0.0691. The summed E-state index contributed by atoms with van der Waals surface area (Å²) < 4.78 is 5.54. The molecule has 1 amide bonds. The van der Waals surface area contributed by atoms with E-state index in [0.29, 0.717) is 18.2 Å². The summed E-state index contributed by atoms with van der Waals surface area (Å²) in [6.07, 6.45) is 3.78. The maximum atomic E-state index is 12.7. The van der Waals surface area contributed by atoms with Crippen LogP contribution in [0.15, 0.2) is 17.6 Å². The van der Waals surface area contributed by atoms with Crippen molar-refractivity contribution in [2.24, 2.45) is 0 Å². The van der Waals surface area contributed by atoms with Gasteiger partial charge in [0.15, 0.2) is 0 Å². The number of carbonyl (C=O) groups is 1. The number of aromatic nitrogens is 3. The summed E-state index contributed by atoms with van der Waals surface area (Å²) >= 11 is 1.49. The minimum atomic E-state index is -0.0642. The van der Waals surface area contributed by atoms with Crippen molar-refractivity contribution in [3.8, 4) is 0 Å². The predicted octanol–water partition coefficient (Wildman–Crippen LogP) is 2.98. The number of hydrogen-bond donors (Lipinski definition) is 1. The van der Waals surface area contributed by atoms with Crippen molar-refractivity contribution >= 4 is 17.2 Å². The fraction of sp³-hybridized carbons (Fsp3) is 0.562. The topological polar surface area (TPSA) is 71.1 Å². The summed E-state index contributed by atoms with van der Waals surface area (Å²) in [7, 11) is 0. The molecule has 0 aliphatic carbocycles. The van der Waals surface area contributed by atoms with Gasteiger partial charge >= 0.3 is 0 Å². The van der Waals surface area contributed by atoms with Crippen LogP contribution in [0.25, 0.3) is 0 Å². The third-order valence-electron chi connectivity index (χ3n) is 4.18. The number of carbonyl (C=O) groups excluding carboxylic acids is 1. The second-order valence-corrected chi connectivity index (χ2v) is 6.66. The molecule has 23 heavy (non-hydrogen) atoms. The van der Waals surface area contributed by atoms with E-state index in [4.69, 9.17) is 4.74 Å². The second-order valence-electron chi connectivity index (χ2n) is 5.77. The van der Waals surface area contributed by atoms with Crippen molar-refractivity contribution in [3.63, 3.8) is 0 Å². The van der Waals surface area contributed by atoms with Crippen molar-refractivity contribution in [1.29, 1.82) is 0 Å². The molecular formula is C16H22N4O2S. The lowest BCUT2D eigenvalue weighted by Crippen LogP contribution is -2.39. The largest absolute Gasteiger partial charge is 0.372 e. The molecule has 1 aliphatic rings. The third-order valence-corrected chi connectivity index (χ3v) is 5.18. The van der Waals surface area contributed by atoms with Crippen molar-refractivity contribution < 1.29 is 9.53 Å². The summed E-state index contributed by atoms with van der Waals surface area (Å²) in [5.41, 5.74) is 1.63. The van der Waals surface area contributed by atoms with Gasteiger partial charge in [0.2, 0.25) is 0 Å². The van der Waals surface area contributed by atoms with Crippen LogP contribution in [-0.2, 0) is 4.74 Å². The number of likely N-dealkylation sites (tertiary alicyclic amines) is 1. The highest BCUT2D eigenvalue weighted by Gasteiger charge is 2.27. The minimum absolute atomic E-state index is 0.0143. The molecule has 6 nitrogen and oxygen atoms in total. The van der Waals surface area contributed by atoms with Gasteiger partial charge in [0.25, 0.3) is 5.91 Å². The summed E-state index contributed by atoms with van der Waals surface area (Å²) in [6.45, 7) is 6.07. The van der Waals surface area contributed by atoms with E-state index in [1.807, 2.05) is 30.2 Å². The molecular weight excluding hydrogens is 312 g/mol. The zero-order valence-electron chi connectivity index (χ0n) is 13.5. The number of piperidine rings is 1. The molecule has 2 aromatic heterocycles. The van der Waals surface area contributed by atoms with E-state index in [9.17, 15) is 4.79 Å². The fourth-order valence-corrected chi connectivity index (χ4v) is 3.76. The SMILES string of the molecule is CCO[C@@H](C)c1nc(C(=O)N2CCC[C@@H](c3ccn[nH]3)C2)cs1. The Morgan fingerprint density at radius 1 is 1.61 bits per heavy atom. The highest BCUT2D eigenvalue weighted by molar-refractivity contribution is 7.09. The van der Waals surface area contributed by atoms with Crippen LogP contribution in [0.3, 0.4) is 0 Å². The first-order valence-electron chi connectivity index (χ1n) is 8.04. The molecule has 3 heterocycles. The fourth-order valence-electron chi connectivity index (χ4n) is 2.97. The van der Waals surface area contributed by atoms with E-state index >= 15 is 0 Å². The van der Waals surface area contributed by atoms with E-state index in [1.165, 1.54) is 11.3 Å². The molecule has 0 radical (unpaired) electrons. The van der Waals surface area contributed by atoms with Gasteiger partial charge in [0.05, 0.1) is 0 Å². The van der Waals surface area contributed by atoms with Crippen LogP contribution in [0.1, 0.15) is 59.9 Å². The van der Waals surface area contributed by atoms with Crippen LogP contribution in [0.2, 0.25) is 0 Å². The molecule has 7 heteroatoms. The molecule has 0 spiro atoms. The Hall–Kier alpha value is -1.73. The van der Waals surface area contributed by atoms with Gasteiger partial charge in [-0.1, -0.05) is 0 Å². The van der Waals surface area contributed by atoms with Crippen molar-refractivity contribution in [1.82, 2.24) is 20.1 Å². The number of H-pyrrole nitrogens is 1. The van der Waals surface area contributed by atoms with Gasteiger partial charge in [-0.2, -0.15) is 5.10 Å². The average Bonchev–Trinajstić information content (AvgIpc) is 3.26. The molecule has 2 aromatic rings. The van der Waals surface area contributed by atoms with Crippen LogP contribution in [0.4, 0.5) is 0 Å². The molecule has 1 aliphatic heterocycles. The molecule has 3 rings (SSSR count). The number of hydrogen-bond acceptors (Lipinski definition) is 5. The molecule has 2 atom stereocenters. The first-order valence-corrected chi connectivity index (χ1v) is 8.92. The summed E-state index contributed by atoms with van der Waals surface area (Å²) in [6, 6.07) is 1.99. The normalized spacial score (nSPS) is 19.7. The number of nitrogens with zero attached hydrogens (tertiary/aromatic N) is 3. The highest BCUT2D eigenvalue weighted by Crippen LogP contribution is 2.27. The first-order chi connectivity index (χ1) is 11.2. The Morgan fingerprint density at radius 3 is 3.22 bits per heavy atom. The monoisotopic (exact) mass is 334 g/mol. The summed E-state index contributed by atoms with van der Waals surface area (Å²) in [5, 5.41) is 9.73. The molecule has 0 saturated carbocycles. The highest BCUT2D eigenvalue weighted by atomic mass is 32.1. The third kappa shape index (κ3) is 3.61. The Morgan fingerprint density at radius 2 is 2.48 bits per heavy atom. The van der Waals surface area contributed by atoms with Crippen LogP contribution in [-0.4, -0.2) is 45.7 Å². The lowest BCUT2D eigenvalue weighted by atomic mass is 9.95. The van der Waals surface area contributed by atoms with Gasteiger partial charge in [0, 0.05) is 42.9 Å². The Kier molecular flexibility index (Phi) is 5.07. The van der Waals surface area contributed by atoms with Crippen molar-refractivity contribution in [2.45, 2.75) is 38.7 Å². The van der Waals surface area contributed by atoms with Crippen LogP contribution >= 0.6 is 11.3 Å². The first kappa shape index (κ1) is 16.1. The maximum Gasteiger partial charge on any atom is 0.273 e. The second kappa shape index (κ2) is 7.23. The number of aromatic amines is 1. The molecule has 0 bridgehead atoms. The van der Waals surface area contributed by atoms with Gasteiger partial charge in [-0.3, -0.25) is 9.89 Å². The number of nitrogens with one attached hydrogen (secondary N) is 1. The zero-order valence-corrected chi connectivity index (χ0v) is 14.3. The smallest absolute Gasteiger partial charge is 0.273 e. The number of amides is 1. The van der Waals surface area contributed by atoms with Gasteiger partial charge in [-0.25, -0.2) is 4.98 Å². The predicted molar refractivity (Wildman–Crippen MR) is 88.6 cm³/mol. The Balaban J connectivity index is 1.68. The molecule has 124 valence electrons. The zero-order chi connectivity index (χ0) is 16.2. The van der Waals surface area contributed by atoms with E-state index < -0.39 is 0 Å². The van der Waals surface area contributed by atoms with E-state index in [2.05, 4.69) is 15.2 Å². The molecule has 0 unspecified atom stereocenters. The van der Waals surface area contributed by atoms with Crippen molar-refractivity contribution in [3.05, 3.63) is 34.0 Å². The summed E-state index contributed by atoms with van der Waals surface area (Å²) in [4.78, 5) is 19.1. The average molecular weight is 334 g/mol. The molecule has 0 aromatic carbocycles. The van der Waals surface area contributed by atoms with Crippen LogP contribution in [0.5, 0.6) is 0 Å². The van der Waals surface area contributed by atoms with Gasteiger partial charge in [-0.15, -0.1) is 11.3 Å². The number of rotatable bonds is 5. The number of ether oxygens (including phenoxy) is 1. The van der Waals surface area contributed by atoms with E-state index in [-0.39, 0.29) is 12.0 Å². The van der Waals surface area contributed by atoms with Gasteiger partial charge < -0.3 is 9.64 Å². The maximum absolute atomic E-state index is 12.7. The Bertz CT molecular complexity index is 640. The molecule has 1 fully saturated rings. The summed E-state index contributed by atoms with van der Waals surface area (Å²) in [5.74, 6) is 0.344. The van der Waals surface area contributed by atoms with E-state index in [1.54, 1.807) is 6.20 Å². The lowest BCUT2D eigenvalue weighted by Gasteiger charge is -2.31. The van der Waals surface area contributed by atoms with Crippen LogP contribution in [0, 0.1) is 0 Å². The van der Waals surface area contributed by atoms with Crippen molar-refractivity contribution in [2.75, 3.05) is 19.7 Å².